The maximum atomic E-state index is 5.37. The van der Waals surface area contributed by atoms with Crippen molar-refractivity contribution in [2.45, 2.75) is 19.0 Å². The fourth-order valence-corrected chi connectivity index (χ4v) is 4.10. The van der Waals surface area contributed by atoms with Crippen molar-refractivity contribution < 1.29 is 0 Å². The summed E-state index contributed by atoms with van der Waals surface area (Å²) in [5.41, 5.74) is 6.47. The lowest BCUT2D eigenvalue weighted by atomic mass is 10.2. The van der Waals surface area contributed by atoms with Gasteiger partial charge in [-0.25, -0.2) is 0 Å². The molecule has 0 amide bonds. The SMILES string of the molecule is CN(Cc1cc(C#CCN)cs1)C1CCSC1. The third-order valence-electron chi connectivity index (χ3n) is 2.92. The quantitative estimate of drug-likeness (QED) is 0.849. The first-order chi connectivity index (χ1) is 8.29. The zero-order valence-electron chi connectivity index (χ0n) is 10.1. The molecule has 0 radical (unpaired) electrons. The molecule has 0 aromatic carbocycles. The van der Waals surface area contributed by atoms with Crippen molar-refractivity contribution in [2.24, 2.45) is 5.73 Å². The third kappa shape index (κ3) is 3.75. The van der Waals surface area contributed by atoms with Crippen LogP contribution in [0.4, 0.5) is 0 Å². The summed E-state index contributed by atoms with van der Waals surface area (Å²) in [5.74, 6) is 8.57. The average Bonchev–Trinajstić information content (AvgIpc) is 2.97. The van der Waals surface area contributed by atoms with E-state index in [1.165, 1.54) is 22.8 Å². The molecule has 17 heavy (non-hydrogen) atoms. The normalized spacial score (nSPS) is 19.4. The Labute approximate surface area is 112 Å². The largest absolute Gasteiger partial charge is 0.320 e. The van der Waals surface area contributed by atoms with Crippen molar-refractivity contribution >= 4 is 23.1 Å². The van der Waals surface area contributed by atoms with Crippen LogP contribution in [0.1, 0.15) is 16.9 Å². The van der Waals surface area contributed by atoms with Crippen molar-refractivity contribution in [1.82, 2.24) is 4.90 Å². The van der Waals surface area contributed by atoms with E-state index in [2.05, 4.69) is 47.0 Å². The molecule has 92 valence electrons. The number of nitrogens with zero attached hydrogens (tertiary/aromatic N) is 1. The van der Waals surface area contributed by atoms with Gasteiger partial charge in [0, 0.05) is 34.2 Å². The van der Waals surface area contributed by atoms with Gasteiger partial charge in [-0.1, -0.05) is 11.8 Å². The molecule has 2 N–H and O–H groups in total. The Balaban J connectivity index is 1.91. The summed E-state index contributed by atoms with van der Waals surface area (Å²) in [6.07, 6.45) is 1.33. The van der Waals surface area contributed by atoms with Crippen molar-refractivity contribution in [3.8, 4) is 11.8 Å². The minimum atomic E-state index is 0.435. The van der Waals surface area contributed by atoms with Gasteiger partial charge in [0.2, 0.25) is 0 Å². The Morgan fingerprint density at radius 2 is 2.47 bits per heavy atom. The zero-order valence-corrected chi connectivity index (χ0v) is 11.7. The van der Waals surface area contributed by atoms with Crippen LogP contribution in [-0.4, -0.2) is 36.0 Å². The average molecular weight is 266 g/mol. The first-order valence-corrected chi connectivity index (χ1v) is 7.87. The highest BCUT2D eigenvalue weighted by Gasteiger charge is 2.20. The lowest BCUT2D eigenvalue weighted by Gasteiger charge is -2.22. The van der Waals surface area contributed by atoms with Gasteiger partial charge in [0.15, 0.2) is 0 Å². The molecular formula is C13H18N2S2. The van der Waals surface area contributed by atoms with Gasteiger partial charge in [0.25, 0.3) is 0 Å². The predicted octanol–water partition coefficient (Wildman–Crippen LogP) is 2.00. The second-order valence-corrected chi connectivity index (χ2v) is 6.39. The molecular weight excluding hydrogens is 248 g/mol. The van der Waals surface area contributed by atoms with Gasteiger partial charge in [-0.2, -0.15) is 11.8 Å². The molecule has 2 heterocycles. The van der Waals surface area contributed by atoms with Gasteiger partial charge in [-0.05, 0) is 25.3 Å². The van der Waals surface area contributed by atoms with Crippen LogP contribution in [0.3, 0.4) is 0 Å². The van der Waals surface area contributed by atoms with E-state index in [0.29, 0.717) is 6.54 Å². The van der Waals surface area contributed by atoms with E-state index in [1.54, 1.807) is 11.3 Å². The van der Waals surface area contributed by atoms with Crippen LogP contribution in [0, 0.1) is 11.8 Å². The number of thiophene rings is 1. The molecule has 0 spiro atoms. The molecule has 1 saturated heterocycles. The van der Waals surface area contributed by atoms with Gasteiger partial charge in [0.05, 0.1) is 6.54 Å². The summed E-state index contributed by atoms with van der Waals surface area (Å²) in [5, 5.41) is 2.12. The molecule has 0 aliphatic carbocycles. The fourth-order valence-electron chi connectivity index (χ4n) is 1.93. The van der Waals surface area contributed by atoms with Crippen LogP contribution in [0.5, 0.6) is 0 Å². The molecule has 2 rings (SSSR count). The standard InChI is InChI=1S/C13H18N2S2/c1-15(12-4-6-16-10-12)8-13-7-11(9-17-13)3-2-5-14/h7,9,12H,4-6,8,10,14H2,1H3. The number of nitrogens with two attached hydrogens (primary N) is 1. The predicted molar refractivity (Wildman–Crippen MR) is 77.4 cm³/mol. The summed E-state index contributed by atoms with van der Waals surface area (Å²) < 4.78 is 0. The van der Waals surface area contributed by atoms with Crippen LogP contribution < -0.4 is 5.73 Å². The second kappa shape index (κ2) is 6.46. The summed E-state index contributed by atoms with van der Waals surface area (Å²) >= 11 is 3.86. The van der Waals surface area contributed by atoms with E-state index < -0.39 is 0 Å². The Hall–Kier alpha value is -0.470. The highest BCUT2D eigenvalue weighted by Crippen LogP contribution is 2.24. The van der Waals surface area contributed by atoms with E-state index in [4.69, 9.17) is 5.73 Å². The van der Waals surface area contributed by atoms with Crippen molar-refractivity contribution in [3.05, 3.63) is 21.9 Å². The maximum absolute atomic E-state index is 5.37. The van der Waals surface area contributed by atoms with Crippen LogP contribution in [0.25, 0.3) is 0 Å². The molecule has 1 fully saturated rings. The third-order valence-corrected chi connectivity index (χ3v) is 4.99. The van der Waals surface area contributed by atoms with Crippen molar-refractivity contribution in [2.75, 3.05) is 25.1 Å². The summed E-state index contributed by atoms with van der Waals surface area (Å²) in [4.78, 5) is 3.86. The van der Waals surface area contributed by atoms with Gasteiger partial charge < -0.3 is 5.73 Å². The van der Waals surface area contributed by atoms with Gasteiger partial charge in [-0.15, -0.1) is 11.3 Å². The number of rotatable bonds is 3. The van der Waals surface area contributed by atoms with Gasteiger partial charge in [0.1, 0.15) is 0 Å². The van der Waals surface area contributed by atoms with Crippen LogP contribution in [-0.2, 0) is 6.54 Å². The smallest absolute Gasteiger partial charge is 0.0555 e. The van der Waals surface area contributed by atoms with Crippen LogP contribution in [0.2, 0.25) is 0 Å². The van der Waals surface area contributed by atoms with E-state index in [9.17, 15) is 0 Å². The minimum Gasteiger partial charge on any atom is -0.320 e. The maximum Gasteiger partial charge on any atom is 0.0555 e. The highest BCUT2D eigenvalue weighted by atomic mass is 32.2. The van der Waals surface area contributed by atoms with Crippen LogP contribution in [0.15, 0.2) is 11.4 Å². The molecule has 0 saturated carbocycles. The first-order valence-electron chi connectivity index (χ1n) is 5.84. The Morgan fingerprint density at radius 3 is 3.18 bits per heavy atom. The second-order valence-electron chi connectivity index (χ2n) is 4.24. The molecule has 1 aromatic rings. The van der Waals surface area contributed by atoms with E-state index in [-0.39, 0.29) is 0 Å². The van der Waals surface area contributed by atoms with E-state index in [0.717, 1.165) is 18.2 Å². The Morgan fingerprint density at radius 1 is 1.59 bits per heavy atom. The van der Waals surface area contributed by atoms with Crippen molar-refractivity contribution in [1.29, 1.82) is 0 Å². The summed E-state index contributed by atoms with van der Waals surface area (Å²) in [7, 11) is 2.22. The first kappa shape index (κ1) is 13.0. The molecule has 1 aromatic heterocycles. The minimum absolute atomic E-state index is 0.435. The molecule has 1 unspecified atom stereocenters. The monoisotopic (exact) mass is 266 g/mol. The molecule has 1 aliphatic heterocycles. The molecule has 0 bridgehead atoms. The van der Waals surface area contributed by atoms with E-state index >= 15 is 0 Å². The number of hydrogen-bond donors (Lipinski definition) is 1. The molecule has 1 atom stereocenters. The summed E-state index contributed by atoms with van der Waals surface area (Å²) in [6.45, 7) is 1.48. The van der Waals surface area contributed by atoms with Crippen LogP contribution >= 0.6 is 23.1 Å². The summed E-state index contributed by atoms with van der Waals surface area (Å²) in [6, 6.07) is 2.94. The van der Waals surface area contributed by atoms with Crippen molar-refractivity contribution in [3.63, 3.8) is 0 Å². The highest BCUT2D eigenvalue weighted by molar-refractivity contribution is 7.99. The Kier molecular flexibility index (Phi) is 4.93. The lowest BCUT2D eigenvalue weighted by Crippen LogP contribution is -2.30. The zero-order chi connectivity index (χ0) is 12.1. The molecule has 2 nitrogen and oxygen atoms in total. The Bertz CT molecular complexity index is 411. The molecule has 4 heteroatoms. The number of hydrogen-bond acceptors (Lipinski definition) is 4. The lowest BCUT2D eigenvalue weighted by molar-refractivity contribution is 0.256. The fraction of sp³-hybridized carbons (Fsp3) is 0.538. The van der Waals surface area contributed by atoms with E-state index in [1.807, 2.05) is 0 Å². The van der Waals surface area contributed by atoms with Gasteiger partial charge >= 0.3 is 0 Å². The van der Waals surface area contributed by atoms with Gasteiger partial charge in [-0.3, -0.25) is 4.90 Å². The number of thioether (sulfide) groups is 1. The molecule has 1 aliphatic rings. The topological polar surface area (TPSA) is 29.3 Å².